The highest BCUT2D eigenvalue weighted by atomic mass is 16.5. The predicted molar refractivity (Wildman–Crippen MR) is 74.6 cm³/mol. The fourth-order valence-corrected chi connectivity index (χ4v) is 2.43. The molecule has 110 valence electrons. The Bertz CT molecular complexity index is 431. The zero-order valence-electron chi connectivity index (χ0n) is 11.7. The summed E-state index contributed by atoms with van der Waals surface area (Å²) in [7, 11) is 1.64. The van der Waals surface area contributed by atoms with Crippen LogP contribution in [0.5, 0.6) is 0 Å². The Morgan fingerprint density at radius 2 is 2.25 bits per heavy atom. The molecule has 20 heavy (non-hydrogen) atoms. The zero-order valence-corrected chi connectivity index (χ0v) is 11.7. The molecule has 0 spiro atoms. The minimum Gasteiger partial charge on any atom is -0.480 e. The molecule has 2 unspecified atom stereocenters. The maximum atomic E-state index is 11.7. The second-order valence-electron chi connectivity index (χ2n) is 4.98. The summed E-state index contributed by atoms with van der Waals surface area (Å²) in [6, 6.07) is 9.09. The van der Waals surface area contributed by atoms with E-state index >= 15 is 0 Å². The second-order valence-corrected chi connectivity index (χ2v) is 4.98. The quantitative estimate of drug-likeness (QED) is 0.789. The Balaban J connectivity index is 2.05. The third-order valence-electron chi connectivity index (χ3n) is 3.70. The molecule has 0 amide bonds. The molecule has 0 radical (unpaired) electrons. The fourth-order valence-electron chi connectivity index (χ4n) is 2.43. The summed E-state index contributed by atoms with van der Waals surface area (Å²) >= 11 is 0. The highest BCUT2D eigenvalue weighted by Crippen LogP contribution is 2.22. The van der Waals surface area contributed by atoms with Gasteiger partial charge in [-0.25, -0.2) is 4.79 Å². The van der Waals surface area contributed by atoms with E-state index < -0.39 is 11.5 Å². The van der Waals surface area contributed by atoms with Crippen molar-refractivity contribution >= 4 is 5.97 Å². The Kier molecular flexibility index (Phi) is 5.11. The van der Waals surface area contributed by atoms with Gasteiger partial charge in [-0.15, -0.1) is 0 Å². The van der Waals surface area contributed by atoms with Crippen LogP contribution >= 0.6 is 0 Å². The van der Waals surface area contributed by atoms with E-state index in [4.69, 9.17) is 9.47 Å². The normalized spacial score (nSPS) is 21.6. The van der Waals surface area contributed by atoms with Gasteiger partial charge in [-0.1, -0.05) is 30.3 Å². The number of carboxylic acids is 1. The molecule has 5 nitrogen and oxygen atoms in total. The van der Waals surface area contributed by atoms with Gasteiger partial charge < -0.3 is 14.6 Å². The number of carboxylic acid groups (broad SMARTS) is 1. The number of hydrogen-bond acceptors (Lipinski definition) is 4. The van der Waals surface area contributed by atoms with E-state index in [1.165, 1.54) is 0 Å². The van der Waals surface area contributed by atoms with Gasteiger partial charge >= 0.3 is 5.97 Å². The fraction of sp³-hybridized carbons (Fsp3) is 0.533. The van der Waals surface area contributed by atoms with Gasteiger partial charge in [0.2, 0.25) is 0 Å². The molecule has 1 aromatic rings. The van der Waals surface area contributed by atoms with Crippen LogP contribution in [0.2, 0.25) is 0 Å². The van der Waals surface area contributed by atoms with Gasteiger partial charge in [0.05, 0.1) is 19.3 Å². The number of aliphatic carboxylic acids is 1. The van der Waals surface area contributed by atoms with Crippen LogP contribution in [0.15, 0.2) is 30.3 Å². The van der Waals surface area contributed by atoms with Gasteiger partial charge in [-0.3, -0.25) is 5.32 Å². The topological polar surface area (TPSA) is 67.8 Å². The number of nitrogens with one attached hydrogen (secondary N) is 1. The lowest BCUT2D eigenvalue weighted by Gasteiger charge is -2.29. The SMILES string of the molecule is CNC(COCC1CCCO1)(C(=O)O)c1ccccc1. The van der Waals surface area contributed by atoms with Crippen LogP contribution in [-0.4, -0.2) is 44.0 Å². The summed E-state index contributed by atoms with van der Waals surface area (Å²) in [5.74, 6) is -0.946. The summed E-state index contributed by atoms with van der Waals surface area (Å²) in [6.45, 7) is 1.27. The van der Waals surface area contributed by atoms with Gasteiger partial charge in [0.25, 0.3) is 0 Å². The molecule has 0 aliphatic carbocycles. The Hall–Kier alpha value is -1.43. The average molecular weight is 279 g/mol. The van der Waals surface area contributed by atoms with E-state index in [2.05, 4.69) is 5.32 Å². The summed E-state index contributed by atoms with van der Waals surface area (Å²) in [4.78, 5) is 11.7. The summed E-state index contributed by atoms with van der Waals surface area (Å²) in [5.41, 5.74) is -0.540. The Morgan fingerprint density at radius 3 is 2.80 bits per heavy atom. The Morgan fingerprint density at radius 1 is 1.50 bits per heavy atom. The van der Waals surface area contributed by atoms with E-state index in [0.29, 0.717) is 12.2 Å². The van der Waals surface area contributed by atoms with Crippen molar-refractivity contribution in [3.8, 4) is 0 Å². The van der Waals surface area contributed by atoms with Crippen LogP contribution in [0.25, 0.3) is 0 Å². The van der Waals surface area contributed by atoms with Crippen molar-refractivity contribution in [3.63, 3.8) is 0 Å². The smallest absolute Gasteiger partial charge is 0.330 e. The number of ether oxygens (including phenoxy) is 2. The Labute approximate surface area is 118 Å². The maximum Gasteiger partial charge on any atom is 0.330 e. The molecular weight excluding hydrogens is 258 g/mol. The molecule has 2 N–H and O–H groups in total. The molecule has 0 saturated carbocycles. The lowest BCUT2D eigenvalue weighted by atomic mass is 9.91. The molecule has 0 bridgehead atoms. The van der Waals surface area contributed by atoms with Crippen molar-refractivity contribution in [2.24, 2.45) is 0 Å². The van der Waals surface area contributed by atoms with Crippen molar-refractivity contribution in [2.45, 2.75) is 24.5 Å². The average Bonchev–Trinajstić information content (AvgIpc) is 2.97. The van der Waals surface area contributed by atoms with Crippen LogP contribution in [0, 0.1) is 0 Å². The van der Waals surface area contributed by atoms with Crippen molar-refractivity contribution in [3.05, 3.63) is 35.9 Å². The molecule has 1 saturated heterocycles. The van der Waals surface area contributed by atoms with Crippen LogP contribution in [0.3, 0.4) is 0 Å². The maximum absolute atomic E-state index is 11.7. The van der Waals surface area contributed by atoms with Gasteiger partial charge in [0, 0.05) is 6.61 Å². The van der Waals surface area contributed by atoms with E-state index in [-0.39, 0.29) is 12.7 Å². The van der Waals surface area contributed by atoms with E-state index in [1.54, 1.807) is 19.2 Å². The first-order valence-corrected chi connectivity index (χ1v) is 6.86. The monoisotopic (exact) mass is 279 g/mol. The largest absolute Gasteiger partial charge is 0.480 e. The summed E-state index contributed by atoms with van der Waals surface area (Å²) < 4.78 is 11.1. The molecule has 1 aliphatic heterocycles. The number of rotatable bonds is 7. The zero-order chi connectivity index (χ0) is 14.4. The van der Waals surface area contributed by atoms with Crippen LogP contribution in [0.4, 0.5) is 0 Å². The standard InChI is InChI=1S/C15H21NO4/c1-16-15(14(17)18,12-6-3-2-4-7-12)11-19-10-13-8-5-9-20-13/h2-4,6-7,13,16H,5,8-11H2,1H3,(H,17,18). The first-order valence-electron chi connectivity index (χ1n) is 6.86. The van der Waals surface area contributed by atoms with Gasteiger partial charge in [0.15, 0.2) is 5.54 Å². The van der Waals surface area contributed by atoms with Crippen molar-refractivity contribution in [2.75, 3.05) is 26.9 Å². The van der Waals surface area contributed by atoms with Crippen molar-refractivity contribution in [1.29, 1.82) is 0 Å². The van der Waals surface area contributed by atoms with Gasteiger partial charge in [0.1, 0.15) is 0 Å². The number of likely N-dealkylation sites (N-methyl/N-ethyl adjacent to an activating group) is 1. The lowest BCUT2D eigenvalue weighted by molar-refractivity contribution is -0.149. The van der Waals surface area contributed by atoms with E-state index in [9.17, 15) is 9.90 Å². The first-order chi connectivity index (χ1) is 9.69. The molecule has 1 heterocycles. The third kappa shape index (κ3) is 3.17. The van der Waals surface area contributed by atoms with Gasteiger partial charge in [-0.05, 0) is 25.5 Å². The third-order valence-corrected chi connectivity index (χ3v) is 3.70. The van der Waals surface area contributed by atoms with Crippen LogP contribution in [0.1, 0.15) is 18.4 Å². The van der Waals surface area contributed by atoms with E-state index in [0.717, 1.165) is 19.4 Å². The molecule has 5 heteroatoms. The molecular formula is C15H21NO4. The summed E-state index contributed by atoms with van der Waals surface area (Å²) in [6.07, 6.45) is 2.11. The predicted octanol–water partition coefficient (Wildman–Crippen LogP) is 1.38. The highest BCUT2D eigenvalue weighted by Gasteiger charge is 2.39. The molecule has 1 aliphatic rings. The van der Waals surface area contributed by atoms with Crippen LogP contribution in [-0.2, 0) is 19.8 Å². The lowest BCUT2D eigenvalue weighted by Crippen LogP contribution is -2.51. The summed E-state index contributed by atoms with van der Waals surface area (Å²) in [5, 5.41) is 12.5. The minimum absolute atomic E-state index is 0.0721. The number of benzene rings is 1. The first kappa shape index (κ1) is 15.0. The van der Waals surface area contributed by atoms with E-state index in [1.807, 2.05) is 18.2 Å². The molecule has 1 fully saturated rings. The molecule has 0 aromatic heterocycles. The molecule has 2 atom stereocenters. The van der Waals surface area contributed by atoms with Gasteiger partial charge in [-0.2, -0.15) is 0 Å². The number of hydrogen-bond donors (Lipinski definition) is 2. The van der Waals surface area contributed by atoms with Crippen LogP contribution < -0.4 is 5.32 Å². The minimum atomic E-state index is -1.22. The number of carbonyl (C=O) groups is 1. The molecule has 1 aromatic carbocycles. The van der Waals surface area contributed by atoms with Crippen molar-refractivity contribution in [1.82, 2.24) is 5.32 Å². The second kappa shape index (κ2) is 6.83. The van der Waals surface area contributed by atoms with Crippen molar-refractivity contribution < 1.29 is 19.4 Å². The molecule has 2 rings (SSSR count). The highest BCUT2D eigenvalue weighted by molar-refractivity contribution is 5.81.